The average molecular weight is 319 g/mol. The number of hydrogen-bond donors (Lipinski definition) is 6. The van der Waals surface area contributed by atoms with Gasteiger partial charge in [-0.25, -0.2) is 4.79 Å². The molecule has 0 aliphatic carbocycles. The molecule has 0 aromatic rings. The fourth-order valence-corrected chi connectivity index (χ4v) is 3.28. The Kier molecular flexibility index (Phi) is 8.46. The highest BCUT2D eigenvalue weighted by atomic mass is 31.2. The average Bonchev–Trinajstić information content (AvgIpc) is 2.13. The first-order valence-corrected chi connectivity index (χ1v) is 7.64. The van der Waals surface area contributed by atoms with Crippen molar-refractivity contribution in [3.05, 3.63) is 0 Å². The summed E-state index contributed by atoms with van der Waals surface area (Å²) in [6, 6.07) is 0.944. The van der Waals surface area contributed by atoms with Crippen LogP contribution < -0.4 is 0 Å². The molecule has 0 saturated heterocycles. The van der Waals surface area contributed by atoms with E-state index in [4.69, 9.17) is 39.8 Å². The van der Waals surface area contributed by atoms with Gasteiger partial charge in [0.15, 0.2) is 11.5 Å². The first kappa shape index (κ1) is 20.1. The van der Waals surface area contributed by atoms with Gasteiger partial charge in [0.05, 0.1) is 0 Å². The molecule has 11 nitrogen and oxygen atoms in total. The van der Waals surface area contributed by atoms with Gasteiger partial charge in [-0.1, -0.05) is 0 Å². The van der Waals surface area contributed by atoms with Gasteiger partial charge in [0.25, 0.3) is 0 Å². The van der Waals surface area contributed by atoms with E-state index in [1.807, 2.05) is 0 Å². The van der Waals surface area contributed by atoms with Crippen molar-refractivity contribution in [2.24, 2.45) is 0 Å². The molecule has 0 aliphatic heterocycles. The molecule has 110 valence electrons. The summed E-state index contributed by atoms with van der Waals surface area (Å²) in [7, 11) is -9.96. The van der Waals surface area contributed by atoms with Crippen LogP contribution in [0, 0.1) is 11.3 Å². The van der Waals surface area contributed by atoms with Crippen molar-refractivity contribution in [1.82, 2.24) is 0 Å². The zero-order chi connectivity index (χ0) is 15.9. The molecule has 13 heteroatoms. The van der Waals surface area contributed by atoms with Crippen LogP contribution in [0.15, 0.2) is 0 Å². The third kappa shape index (κ3) is 11.5. The number of carboxylic acids is 2. The minimum atomic E-state index is -4.98. The fraction of sp³-hybridized carbons (Fsp3) is 0.500. The molecule has 0 atom stereocenters. The van der Waals surface area contributed by atoms with E-state index >= 15 is 0 Å². The van der Waals surface area contributed by atoms with Crippen LogP contribution in [0.3, 0.4) is 0 Å². The largest absolute Gasteiger partial charge is 0.481 e. The summed E-state index contributed by atoms with van der Waals surface area (Å²) < 4.78 is 21.2. The minimum Gasteiger partial charge on any atom is -0.481 e. The molecular weight excluding hydrogens is 308 g/mol. The molecule has 0 bridgehead atoms. The van der Waals surface area contributed by atoms with Gasteiger partial charge in [-0.3, -0.25) is 13.9 Å². The van der Waals surface area contributed by atoms with Crippen LogP contribution in [0.2, 0.25) is 0 Å². The molecule has 0 rings (SSSR count). The highest BCUT2D eigenvalue weighted by Gasteiger charge is 2.43. The van der Waals surface area contributed by atoms with Crippen molar-refractivity contribution in [3.63, 3.8) is 0 Å². The highest BCUT2D eigenvalue weighted by molar-refractivity contribution is 7.70. The monoisotopic (exact) mass is 319 g/mol. The summed E-state index contributed by atoms with van der Waals surface area (Å²) in [5.41, 5.74) is 0. The summed E-state index contributed by atoms with van der Waals surface area (Å²) in [5.74, 6) is -2.82. The van der Waals surface area contributed by atoms with E-state index < -0.39 is 45.4 Å². The zero-order valence-electron chi connectivity index (χ0n) is 9.15. The molecule has 0 aromatic carbocycles. The van der Waals surface area contributed by atoms with Crippen molar-refractivity contribution in [3.8, 4) is 6.07 Å². The molecule has 0 heterocycles. The Balaban J connectivity index is 0. The highest BCUT2D eigenvalue weighted by Crippen LogP contribution is 2.61. The standard InChI is InChI=1S/C4H10O8P2.C2HNO2/c5-3(6)1-2-4(13(7,8)9)14(10,11)12;3-1-2(4)5/h4H,1-2H2,(H,5,6)(H2,7,8,9)(H2,10,11,12);(H,4,5). The molecule has 19 heavy (non-hydrogen) atoms. The lowest BCUT2D eigenvalue weighted by Gasteiger charge is -2.18. The van der Waals surface area contributed by atoms with E-state index in [-0.39, 0.29) is 0 Å². The number of carboxylic acid groups (broad SMARTS) is 2. The van der Waals surface area contributed by atoms with E-state index in [0.29, 0.717) is 0 Å². The summed E-state index contributed by atoms with van der Waals surface area (Å²) in [6.07, 6.45) is -1.47. The fourth-order valence-electron chi connectivity index (χ4n) is 0.785. The van der Waals surface area contributed by atoms with Crippen LogP contribution in [-0.2, 0) is 18.7 Å². The number of nitrogens with zero attached hydrogens (tertiary/aromatic N) is 1. The maximum Gasteiger partial charge on any atom is 0.408 e. The maximum absolute atomic E-state index is 10.6. The van der Waals surface area contributed by atoms with Crippen molar-refractivity contribution in [2.45, 2.75) is 18.2 Å². The Morgan fingerprint density at radius 2 is 1.37 bits per heavy atom. The van der Waals surface area contributed by atoms with Gasteiger partial charge in [0.2, 0.25) is 0 Å². The van der Waals surface area contributed by atoms with Gasteiger partial charge >= 0.3 is 27.1 Å². The summed E-state index contributed by atoms with van der Waals surface area (Å²) in [6.45, 7) is 0. The molecule has 0 aromatic heterocycles. The van der Waals surface area contributed by atoms with Gasteiger partial charge in [-0.05, 0) is 6.42 Å². The Morgan fingerprint density at radius 3 is 1.53 bits per heavy atom. The number of carbonyl (C=O) groups is 2. The second-order valence-corrected chi connectivity index (χ2v) is 7.02. The topological polar surface area (TPSA) is 213 Å². The van der Waals surface area contributed by atoms with Crippen LogP contribution in [0.1, 0.15) is 12.8 Å². The second kappa shape index (κ2) is 8.01. The van der Waals surface area contributed by atoms with Crippen molar-refractivity contribution < 1.29 is 48.5 Å². The molecule has 6 N–H and O–H groups in total. The predicted molar refractivity (Wildman–Crippen MR) is 58.0 cm³/mol. The number of hydrogen-bond acceptors (Lipinski definition) is 5. The van der Waals surface area contributed by atoms with Gasteiger partial charge in [-0.15, -0.1) is 0 Å². The van der Waals surface area contributed by atoms with Crippen molar-refractivity contribution >= 4 is 27.1 Å². The first-order valence-electron chi connectivity index (χ1n) is 4.27. The summed E-state index contributed by atoms with van der Waals surface area (Å²) >= 11 is 0. The van der Waals surface area contributed by atoms with Crippen LogP contribution >= 0.6 is 15.2 Å². The maximum atomic E-state index is 10.6. The van der Waals surface area contributed by atoms with E-state index in [2.05, 4.69) is 0 Å². The van der Waals surface area contributed by atoms with E-state index in [1.54, 1.807) is 0 Å². The normalized spacial score (nSPS) is 11.2. The molecule has 0 amide bonds. The van der Waals surface area contributed by atoms with E-state index in [9.17, 15) is 13.9 Å². The lowest BCUT2D eigenvalue weighted by molar-refractivity contribution is -0.137. The summed E-state index contributed by atoms with van der Waals surface area (Å²) in [5, 5.41) is 20.6. The van der Waals surface area contributed by atoms with Crippen LogP contribution in [0.25, 0.3) is 0 Å². The molecular formula is C6H11NO10P2. The third-order valence-electron chi connectivity index (χ3n) is 1.49. The molecule has 0 saturated carbocycles. The molecule has 0 unspecified atom stereocenters. The second-order valence-electron chi connectivity index (χ2n) is 3.01. The number of aliphatic carboxylic acids is 2. The summed E-state index contributed by atoms with van der Waals surface area (Å²) in [4.78, 5) is 53.3. The molecule has 0 fully saturated rings. The lowest BCUT2D eigenvalue weighted by atomic mass is 10.3. The van der Waals surface area contributed by atoms with Crippen molar-refractivity contribution in [1.29, 1.82) is 5.26 Å². The quantitative estimate of drug-likeness (QED) is 0.208. The first-order chi connectivity index (χ1) is 8.32. The minimum absolute atomic E-state index is 0.707. The molecule has 0 spiro atoms. The predicted octanol–water partition coefficient (Wildman–Crippen LogP) is -0.873. The third-order valence-corrected chi connectivity index (χ3v) is 5.36. The zero-order valence-corrected chi connectivity index (χ0v) is 10.9. The van der Waals surface area contributed by atoms with Gasteiger partial charge < -0.3 is 29.8 Å². The Labute approximate surface area is 106 Å². The van der Waals surface area contributed by atoms with Gasteiger partial charge in [0, 0.05) is 6.42 Å². The molecule has 0 aliphatic rings. The van der Waals surface area contributed by atoms with Crippen LogP contribution in [0.5, 0.6) is 0 Å². The SMILES string of the molecule is N#CC(=O)O.O=C(O)CCC(P(=O)(O)O)P(=O)(O)O. The smallest absolute Gasteiger partial charge is 0.408 e. The number of rotatable bonds is 5. The van der Waals surface area contributed by atoms with Crippen molar-refractivity contribution in [2.75, 3.05) is 0 Å². The lowest BCUT2D eigenvalue weighted by Crippen LogP contribution is -2.11. The Hall–Kier alpha value is -1.27. The molecule has 0 radical (unpaired) electrons. The van der Waals surface area contributed by atoms with E-state index in [1.165, 1.54) is 0 Å². The van der Waals surface area contributed by atoms with Gasteiger partial charge in [-0.2, -0.15) is 5.26 Å². The van der Waals surface area contributed by atoms with Crippen LogP contribution in [0.4, 0.5) is 0 Å². The van der Waals surface area contributed by atoms with Crippen LogP contribution in [-0.4, -0.2) is 47.1 Å². The van der Waals surface area contributed by atoms with Gasteiger partial charge in [0.1, 0.15) is 0 Å². The number of nitriles is 1. The van der Waals surface area contributed by atoms with E-state index in [0.717, 1.165) is 6.07 Å². The Morgan fingerprint density at radius 1 is 1.05 bits per heavy atom. The Bertz CT molecular complexity index is 433.